The molecule has 1 amide bonds. The standard InChI is InChI=1S/C19H22BrN7OS/c1-5-27-13(3)16(12(2)25-27)10-21-22-17(28)11-29-19-24-23-18(26(19)4)14-7-6-8-15(20)9-14/h6-10H,5,11H2,1-4H3,(H,22,28)/b21-10-. The van der Waals surface area contributed by atoms with Crippen molar-refractivity contribution >= 4 is 39.8 Å². The van der Waals surface area contributed by atoms with Gasteiger partial charge >= 0.3 is 0 Å². The highest BCUT2D eigenvalue weighted by molar-refractivity contribution is 9.10. The number of nitrogens with zero attached hydrogens (tertiary/aromatic N) is 6. The van der Waals surface area contributed by atoms with Crippen LogP contribution in [-0.4, -0.2) is 42.4 Å². The van der Waals surface area contributed by atoms with E-state index in [-0.39, 0.29) is 11.7 Å². The van der Waals surface area contributed by atoms with Crippen molar-refractivity contribution in [2.45, 2.75) is 32.5 Å². The summed E-state index contributed by atoms with van der Waals surface area (Å²) in [6.07, 6.45) is 1.64. The van der Waals surface area contributed by atoms with Gasteiger partial charge in [-0.05, 0) is 32.9 Å². The normalized spacial score (nSPS) is 11.3. The molecule has 152 valence electrons. The third kappa shape index (κ3) is 4.94. The van der Waals surface area contributed by atoms with Crippen molar-refractivity contribution in [2.75, 3.05) is 5.75 Å². The number of carbonyl (C=O) groups is 1. The Morgan fingerprint density at radius 3 is 2.83 bits per heavy atom. The van der Waals surface area contributed by atoms with Crippen LogP contribution in [0.15, 0.2) is 39.0 Å². The Labute approximate surface area is 181 Å². The van der Waals surface area contributed by atoms with Gasteiger partial charge in [-0.3, -0.25) is 9.48 Å². The Hall–Kier alpha value is -2.46. The van der Waals surface area contributed by atoms with Crippen LogP contribution < -0.4 is 5.43 Å². The number of amides is 1. The number of benzene rings is 1. The quantitative estimate of drug-likeness (QED) is 0.321. The largest absolute Gasteiger partial charge is 0.305 e. The maximum atomic E-state index is 12.1. The number of halogens is 1. The highest BCUT2D eigenvalue weighted by Crippen LogP contribution is 2.24. The number of carbonyl (C=O) groups excluding carboxylic acids is 1. The Morgan fingerprint density at radius 1 is 1.34 bits per heavy atom. The van der Waals surface area contributed by atoms with Gasteiger partial charge in [0.15, 0.2) is 11.0 Å². The molecule has 0 saturated carbocycles. The first kappa shape index (κ1) is 21.3. The summed E-state index contributed by atoms with van der Waals surface area (Å²) in [5.74, 6) is 0.719. The Kier molecular flexibility index (Phi) is 6.86. The van der Waals surface area contributed by atoms with Gasteiger partial charge in [0.05, 0.1) is 17.7 Å². The van der Waals surface area contributed by atoms with Gasteiger partial charge in [-0.2, -0.15) is 10.2 Å². The number of nitrogens with one attached hydrogen (secondary N) is 1. The highest BCUT2D eigenvalue weighted by atomic mass is 79.9. The van der Waals surface area contributed by atoms with Gasteiger partial charge in [0.1, 0.15) is 0 Å². The molecule has 0 bridgehead atoms. The molecule has 0 radical (unpaired) electrons. The van der Waals surface area contributed by atoms with Crippen molar-refractivity contribution in [3.63, 3.8) is 0 Å². The van der Waals surface area contributed by atoms with Gasteiger partial charge in [-0.1, -0.05) is 39.8 Å². The van der Waals surface area contributed by atoms with Crippen LogP contribution >= 0.6 is 27.7 Å². The van der Waals surface area contributed by atoms with Crippen molar-refractivity contribution in [1.29, 1.82) is 0 Å². The van der Waals surface area contributed by atoms with E-state index >= 15 is 0 Å². The lowest BCUT2D eigenvalue weighted by Crippen LogP contribution is -2.20. The average molecular weight is 476 g/mol. The average Bonchev–Trinajstić information content (AvgIpc) is 3.20. The summed E-state index contributed by atoms with van der Waals surface area (Å²) >= 11 is 4.77. The number of hydrogen-bond acceptors (Lipinski definition) is 6. The molecule has 3 rings (SSSR count). The molecule has 2 aromatic heterocycles. The molecule has 1 aromatic carbocycles. The summed E-state index contributed by atoms with van der Waals surface area (Å²) in [6.45, 7) is 6.74. The number of hydrogen-bond donors (Lipinski definition) is 1. The Bertz CT molecular complexity index is 1060. The van der Waals surface area contributed by atoms with E-state index in [9.17, 15) is 4.79 Å². The second-order valence-electron chi connectivity index (χ2n) is 6.36. The third-order valence-corrected chi connectivity index (χ3v) is 5.88. The molecule has 0 fully saturated rings. The molecule has 0 saturated heterocycles. The van der Waals surface area contributed by atoms with E-state index in [0.717, 1.165) is 39.4 Å². The molecular weight excluding hydrogens is 454 g/mol. The van der Waals surface area contributed by atoms with Crippen LogP contribution in [0.4, 0.5) is 0 Å². The fourth-order valence-electron chi connectivity index (χ4n) is 2.86. The molecular formula is C19H22BrN7OS. The van der Waals surface area contributed by atoms with E-state index in [1.165, 1.54) is 11.8 Å². The lowest BCUT2D eigenvalue weighted by atomic mass is 10.2. The molecule has 2 heterocycles. The topological polar surface area (TPSA) is 90.0 Å². The monoisotopic (exact) mass is 475 g/mol. The maximum Gasteiger partial charge on any atom is 0.250 e. The van der Waals surface area contributed by atoms with Crippen LogP contribution in [0.25, 0.3) is 11.4 Å². The van der Waals surface area contributed by atoms with Crippen LogP contribution in [-0.2, 0) is 18.4 Å². The second-order valence-corrected chi connectivity index (χ2v) is 8.22. The molecule has 29 heavy (non-hydrogen) atoms. The van der Waals surface area contributed by atoms with E-state index in [4.69, 9.17) is 0 Å². The summed E-state index contributed by atoms with van der Waals surface area (Å²) < 4.78 is 4.75. The van der Waals surface area contributed by atoms with Gasteiger partial charge < -0.3 is 4.57 Å². The zero-order valence-corrected chi connectivity index (χ0v) is 19.1. The molecule has 1 N–H and O–H groups in total. The zero-order valence-electron chi connectivity index (χ0n) is 16.7. The SMILES string of the molecule is CCn1nc(C)c(/C=N\NC(=O)CSc2nnc(-c3cccc(Br)c3)n2C)c1C. The summed E-state index contributed by atoms with van der Waals surface area (Å²) in [7, 11) is 1.88. The van der Waals surface area contributed by atoms with Crippen molar-refractivity contribution in [2.24, 2.45) is 12.1 Å². The number of rotatable bonds is 7. The highest BCUT2D eigenvalue weighted by Gasteiger charge is 2.13. The minimum absolute atomic E-state index is 0.188. The van der Waals surface area contributed by atoms with E-state index < -0.39 is 0 Å². The molecule has 0 unspecified atom stereocenters. The number of aryl methyl sites for hydroxylation is 2. The van der Waals surface area contributed by atoms with E-state index in [1.54, 1.807) is 6.21 Å². The van der Waals surface area contributed by atoms with Crippen molar-refractivity contribution in [1.82, 2.24) is 30.0 Å². The molecule has 0 aliphatic carbocycles. The van der Waals surface area contributed by atoms with Gasteiger partial charge in [0.25, 0.3) is 5.91 Å². The van der Waals surface area contributed by atoms with Crippen LogP contribution in [0.5, 0.6) is 0 Å². The van der Waals surface area contributed by atoms with Gasteiger partial charge in [-0.25, -0.2) is 5.43 Å². The lowest BCUT2D eigenvalue weighted by Gasteiger charge is -2.04. The summed E-state index contributed by atoms with van der Waals surface area (Å²) in [4.78, 5) is 12.1. The third-order valence-electron chi connectivity index (χ3n) is 4.37. The Morgan fingerprint density at radius 2 is 2.14 bits per heavy atom. The van der Waals surface area contributed by atoms with Crippen molar-refractivity contribution < 1.29 is 4.79 Å². The first-order valence-corrected chi connectivity index (χ1v) is 10.8. The molecule has 3 aromatic rings. The predicted molar refractivity (Wildman–Crippen MR) is 118 cm³/mol. The summed E-state index contributed by atoms with van der Waals surface area (Å²) in [5.41, 5.74) is 6.34. The van der Waals surface area contributed by atoms with E-state index in [1.807, 2.05) is 61.3 Å². The van der Waals surface area contributed by atoms with Crippen LogP contribution in [0.2, 0.25) is 0 Å². The molecule has 0 spiro atoms. The number of hydrazone groups is 1. The van der Waals surface area contributed by atoms with Crippen LogP contribution in [0.1, 0.15) is 23.9 Å². The fraction of sp³-hybridized carbons (Fsp3) is 0.316. The fourth-order valence-corrected chi connectivity index (χ4v) is 3.96. The zero-order chi connectivity index (χ0) is 21.0. The summed E-state index contributed by atoms with van der Waals surface area (Å²) in [5, 5.41) is 17.6. The molecule has 10 heteroatoms. The second kappa shape index (κ2) is 9.36. The minimum Gasteiger partial charge on any atom is -0.305 e. The Balaban J connectivity index is 1.58. The van der Waals surface area contributed by atoms with Gasteiger partial charge in [-0.15, -0.1) is 10.2 Å². The maximum absolute atomic E-state index is 12.1. The first-order chi connectivity index (χ1) is 13.9. The van der Waals surface area contributed by atoms with Gasteiger partial charge in [0.2, 0.25) is 0 Å². The van der Waals surface area contributed by atoms with Crippen LogP contribution in [0, 0.1) is 13.8 Å². The first-order valence-electron chi connectivity index (χ1n) is 9.04. The molecule has 0 atom stereocenters. The molecule has 8 nitrogen and oxygen atoms in total. The van der Waals surface area contributed by atoms with Crippen molar-refractivity contribution in [3.05, 3.63) is 45.7 Å². The van der Waals surface area contributed by atoms with E-state index in [0.29, 0.717) is 5.16 Å². The number of thioether (sulfide) groups is 1. The number of aromatic nitrogens is 5. The molecule has 0 aliphatic rings. The van der Waals surface area contributed by atoms with Gasteiger partial charge in [0, 0.05) is 34.9 Å². The minimum atomic E-state index is -0.212. The van der Waals surface area contributed by atoms with E-state index in [2.05, 4.69) is 41.8 Å². The van der Waals surface area contributed by atoms with Crippen molar-refractivity contribution in [3.8, 4) is 11.4 Å². The van der Waals surface area contributed by atoms with Crippen LogP contribution in [0.3, 0.4) is 0 Å². The predicted octanol–water partition coefficient (Wildman–Crippen LogP) is 3.32. The molecule has 0 aliphatic heterocycles. The smallest absolute Gasteiger partial charge is 0.250 e. The summed E-state index contributed by atoms with van der Waals surface area (Å²) in [6, 6.07) is 7.84. The lowest BCUT2D eigenvalue weighted by molar-refractivity contribution is -0.118.